The van der Waals surface area contributed by atoms with Crippen molar-refractivity contribution >= 4 is 0 Å². The van der Waals surface area contributed by atoms with Crippen LogP contribution in [0.3, 0.4) is 0 Å². The number of hydrogen-bond acceptors (Lipinski definition) is 3. The second-order valence-electron chi connectivity index (χ2n) is 7.12. The first-order valence-electron chi connectivity index (χ1n) is 9.35. The number of aliphatic hydroxyl groups is 1. The maximum absolute atomic E-state index is 10.2. The van der Waals surface area contributed by atoms with E-state index in [9.17, 15) is 5.11 Å². The van der Waals surface area contributed by atoms with E-state index >= 15 is 0 Å². The lowest BCUT2D eigenvalue weighted by atomic mass is 9.88. The minimum absolute atomic E-state index is 0.182. The van der Waals surface area contributed by atoms with Crippen LogP contribution < -0.4 is 5.32 Å². The highest BCUT2D eigenvalue weighted by Gasteiger charge is 2.41. The largest absolute Gasteiger partial charge is 0.393 e. The van der Waals surface area contributed by atoms with Crippen LogP contribution in [-0.4, -0.2) is 29.6 Å². The van der Waals surface area contributed by atoms with Crippen LogP contribution >= 0.6 is 0 Å². The van der Waals surface area contributed by atoms with E-state index in [2.05, 4.69) is 12.2 Å². The van der Waals surface area contributed by atoms with E-state index < -0.39 is 0 Å². The molecule has 2 rings (SSSR count). The van der Waals surface area contributed by atoms with Crippen LogP contribution in [0.25, 0.3) is 0 Å². The third-order valence-electron chi connectivity index (χ3n) is 5.08. The Kier molecular flexibility index (Phi) is 7.48. The topological polar surface area (TPSA) is 41.5 Å². The molecule has 0 aromatic heterocycles. The third-order valence-corrected chi connectivity index (χ3v) is 5.08. The van der Waals surface area contributed by atoms with Crippen LogP contribution in [0.1, 0.15) is 90.4 Å². The second kappa shape index (κ2) is 9.12. The summed E-state index contributed by atoms with van der Waals surface area (Å²) in [5.74, 6) is 0. The number of unbranched alkanes of at least 4 members (excludes halogenated alkanes) is 6. The summed E-state index contributed by atoms with van der Waals surface area (Å²) in [5.41, 5.74) is -0.207. The van der Waals surface area contributed by atoms with E-state index in [1.807, 2.05) is 0 Å². The molecule has 2 fully saturated rings. The van der Waals surface area contributed by atoms with Gasteiger partial charge >= 0.3 is 0 Å². The van der Waals surface area contributed by atoms with Gasteiger partial charge in [0, 0.05) is 6.42 Å². The molecule has 2 saturated heterocycles. The highest BCUT2D eigenvalue weighted by molar-refractivity contribution is 4.90. The van der Waals surface area contributed by atoms with Gasteiger partial charge in [-0.15, -0.1) is 0 Å². The molecule has 0 aromatic carbocycles. The van der Waals surface area contributed by atoms with Gasteiger partial charge in [0.15, 0.2) is 0 Å². The first-order valence-corrected chi connectivity index (χ1v) is 9.35. The molecule has 0 saturated carbocycles. The molecule has 3 atom stereocenters. The molecule has 1 spiro atoms. The lowest BCUT2D eigenvalue weighted by Crippen LogP contribution is -2.57. The number of ether oxygens (including phenoxy) is 1. The van der Waals surface area contributed by atoms with Crippen molar-refractivity contribution in [2.75, 3.05) is 6.54 Å². The van der Waals surface area contributed by atoms with Crippen LogP contribution in [-0.2, 0) is 4.74 Å². The van der Waals surface area contributed by atoms with Crippen molar-refractivity contribution in [2.45, 2.75) is 108 Å². The smallest absolute Gasteiger partial charge is 0.122 e. The standard InChI is InChI=1S/C18H35NO2/c1-2-3-4-5-6-7-8-11-17-14-16(20)15-18(21-17)12-9-10-13-19-18/h16-17,19-20H,2-15H2,1H3/t16-,17-,18+/m0/s1. The van der Waals surface area contributed by atoms with Crippen molar-refractivity contribution in [3.63, 3.8) is 0 Å². The quantitative estimate of drug-likeness (QED) is 0.662. The fourth-order valence-corrected chi connectivity index (χ4v) is 3.90. The summed E-state index contributed by atoms with van der Waals surface area (Å²) in [6.45, 7) is 3.30. The van der Waals surface area contributed by atoms with E-state index in [0.29, 0.717) is 0 Å². The van der Waals surface area contributed by atoms with Gasteiger partial charge in [0.05, 0.1) is 12.2 Å². The fraction of sp³-hybridized carbons (Fsp3) is 1.00. The van der Waals surface area contributed by atoms with Crippen LogP contribution in [0.4, 0.5) is 0 Å². The molecule has 3 nitrogen and oxygen atoms in total. The first kappa shape index (κ1) is 17.2. The predicted octanol–water partition coefficient (Wildman–Crippen LogP) is 4.14. The van der Waals surface area contributed by atoms with Gasteiger partial charge in [-0.1, -0.05) is 51.9 Å². The molecule has 2 N–H and O–H groups in total. The van der Waals surface area contributed by atoms with Crippen molar-refractivity contribution in [2.24, 2.45) is 0 Å². The van der Waals surface area contributed by atoms with Gasteiger partial charge in [-0.2, -0.15) is 0 Å². The van der Waals surface area contributed by atoms with Crippen molar-refractivity contribution in [3.05, 3.63) is 0 Å². The predicted molar refractivity (Wildman–Crippen MR) is 87.3 cm³/mol. The molecule has 0 amide bonds. The zero-order valence-corrected chi connectivity index (χ0v) is 13.9. The maximum atomic E-state index is 10.2. The Morgan fingerprint density at radius 2 is 1.86 bits per heavy atom. The molecule has 0 aliphatic carbocycles. The van der Waals surface area contributed by atoms with Crippen molar-refractivity contribution < 1.29 is 9.84 Å². The Hall–Kier alpha value is -0.120. The molecule has 0 bridgehead atoms. The van der Waals surface area contributed by atoms with Crippen LogP contribution in [0.2, 0.25) is 0 Å². The van der Waals surface area contributed by atoms with E-state index in [0.717, 1.165) is 32.2 Å². The fourth-order valence-electron chi connectivity index (χ4n) is 3.90. The maximum Gasteiger partial charge on any atom is 0.122 e. The number of piperidine rings is 1. The number of hydrogen-bond donors (Lipinski definition) is 2. The summed E-state index contributed by atoms with van der Waals surface area (Å²) in [6.07, 6.45) is 15.7. The third kappa shape index (κ3) is 5.88. The van der Waals surface area contributed by atoms with Crippen LogP contribution in [0.5, 0.6) is 0 Å². The van der Waals surface area contributed by atoms with Gasteiger partial charge in [0.1, 0.15) is 5.72 Å². The Morgan fingerprint density at radius 1 is 1.10 bits per heavy atom. The molecule has 2 aliphatic rings. The molecule has 0 aromatic rings. The Bertz CT molecular complexity index is 276. The lowest BCUT2D eigenvalue weighted by molar-refractivity contribution is -0.189. The molecule has 0 unspecified atom stereocenters. The Morgan fingerprint density at radius 3 is 2.57 bits per heavy atom. The van der Waals surface area contributed by atoms with Crippen molar-refractivity contribution in [3.8, 4) is 0 Å². The molecule has 2 heterocycles. The summed E-state index contributed by atoms with van der Waals surface area (Å²) < 4.78 is 6.36. The average molecular weight is 297 g/mol. The summed E-state index contributed by atoms with van der Waals surface area (Å²) >= 11 is 0. The molecule has 21 heavy (non-hydrogen) atoms. The lowest BCUT2D eigenvalue weighted by Gasteiger charge is -2.46. The Labute approximate surface area is 130 Å². The van der Waals surface area contributed by atoms with E-state index in [4.69, 9.17) is 4.74 Å². The number of aliphatic hydroxyl groups excluding tert-OH is 1. The molecular formula is C18H35NO2. The molecule has 2 aliphatic heterocycles. The zero-order valence-electron chi connectivity index (χ0n) is 13.9. The molecule has 124 valence electrons. The monoisotopic (exact) mass is 297 g/mol. The summed E-state index contributed by atoms with van der Waals surface area (Å²) in [5, 5.41) is 13.7. The number of nitrogens with one attached hydrogen (secondary N) is 1. The van der Waals surface area contributed by atoms with Gasteiger partial charge in [0.2, 0.25) is 0 Å². The molecular weight excluding hydrogens is 262 g/mol. The van der Waals surface area contributed by atoms with Crippen molar-refractivity contribution in [1.29, 1.82) is 0 Å². The van der Waals surface area contributed by atoms with Gasteiger partial charge in [-0.25, -0.2) is 0 Å². The summed E-state index contributed by atoms with van der Waals surface area (Å²) in [4.78, 5) is 0. The van der Waals surface area contributed by atoms with E-state index in [1.54, 1.807) is 0 Å². The van der Waals surface area contributed by atoms with Crippen molar-refractivity contribution in [1.82, 2.24) is 5.32 Å². The zero-order chi connectivity index (χ0) is 15.0. The number of rotatable bonds is 8. The second-order valence-corrected chi connectivity index (χ2v) is 7.12. The molecule has 3 heteroatoms. The Balaban J connectivity index is 1.63. The normalized spacial score (nSPS) is 33.4. The minimum atomic E-state index is -0.207. The minimum Gasteiger partial charge on any atom is -0.393 e. The SMILES string of the molecule is CCCCCCCCC[C@H]1C[C@H](O)C[C@@]2(CCCCN2)O1. The van der Waals surface area contributed by atoms with Crippen LogP contribution in [0.15, 0.2) is 0 Å². The van der Waals surface area contributed by atoms with Gasteiger partial charge in [-0.05, 0) is 38.6 Å². The van der Waals surface area contributed by atoms with E-state index in [1.165, 1.54) is 57.8 Å². The molecule has 0 radical (unpaired) electrons. The summed E-state index contributed by atoms with van der Waals surface area (Å²) in [6, 6.07) is 0. The van der Waals surface area contributed by atoms with Gasteiger partial charge < -0.3 is 9.84 Å². The first-order chi connectivity index (χ1) is 10.2. The highest BCUT2D eigenvalue weighted by Crippen LogP contribution is 2.35. The average Bonchev–Trinajstić information content (AvgIpc) is 2.46. The highest BCUT2D eigenvalue weighted by atomic mass is 16.5. The summed E-state index contributed by atoms with van der Waals surface area (Å²) in [7, 11) is 0. The van der Waals surface area contributed by atoms with Crippen LogP contribution in [0, 0.1) is 0 Å². The van der Waals surface area contributed by atoms with Gasteiger partial charge in [0.25, 0.3) is 0 Å². The van der Waals surface area contributed by atoms with Gasteiger partial charge in [-0.3, -0.25) is 5.32 Å². The van der Waals surface area contributed by atoms with E-state index in [-0.39, 0.29) is 17.9 Å².